The number of rotatable bonds is 3. The molecule has 0 heterocycles. The summed E-state index contributed by atoms with van der Waals surface area (Å²) in [6.45, 7) is 2.08. The molecule has 0 aliphatic heterocycles. The summed E-state index contributed by atoms with van der Waals surface area (Å²) >= 11 is 0. The van der Waals surface area contributed by atoms with Gasteiger partial charge in [0.2, 0.25) is 0 Å². The lowest BCUT2D eigenvalue weighted by Crippen LogP contribution is -2.00. The van der Waals surface area contributed by atoms with E-state index < -0.39 is 10.8 Å². The van der Waals surface area contributed by atoms with Crippen molar-refractivity contribution in [2.45, 2.75) is 31.4 Å². The Morgan fingerprint density at radius 3 is 2.62 bits per heavy atom. The van der Waals surface area contributed by atoms with Gasteiger partial charge in [0.1, 0.15) is 0 Å². The monoisotopic (exact) mass is 132 g/mol. The fraction of sp³-hybridized carbons (Fsp3) is 1.00. The summed E-state index contributed by atoms with van der Waals surface area (Å²) in [5.41, 5.74) is 0. The molecule has 2 heteroatoms. The highest BCUT2D eigenvalue weighted by Crippen LogP contribution is 2.26. The van der Waals surface area contributed by atoms with Crippen LogP contribution in [0.2, 0.25) is 0 Å². The third-order valence-electron chi connectivity index (χ3n) is 1.30. The molecular formula is C6H12OS. The van der Waals surface area contributed by atoms with Gasteiger partial charge < -0.3 is 0 Å². The minimum absolute atomic E-state index is 0.461. The van der Waals surface area contributed by atoms with Gasteiger partial charge in [-0.15, -0.1) is 0 Å². The Balaban J connectivity index is 2.13. The molecule has 0 radical (unpaired) electrons. The zero-order chi connectivity index (χ0) is 5.98. The number of hydrogen-bond donors (Lipinski definition) is 0. The predicted octanol–water partition coefficient (Wildman–Crippen LogP) is 1.31. The van der Waals surface area contributed by atoms with E-state index in [1.54, 1.807) is 0 Å². The van der Waals surface area contributed by atoms with Crippen molar-refractivity contribution in [1.29, 1.82) is 0 Å². The molecule has 1 fully saturated rings. The highest BCUT2D eigenvalue weighted by molar-refractivity contribution is 7.85. The third-order valence-corrected chi connectivity index (χ3v) is 3.33. The molecule has 1 nitrogen and oxygen atoms in total. The third kappa shape index (κ3) is 1.58. The first-order chi connectivity index (χ1) is 3.84. The van der Waals surface area contributed by atoms with Gasteiger partial charge in [-0.2, -0.15) is 0 Å². The lowest BCUT2D eigenvalue weighted by Gasteiger charge is -1.91. The summed E-state index contributed by atoms with van der Waals surface area (Å²) in [5, 5.41) is 0.593. The standard InChI is InChI=1S/C6H12OS/c1-2-5-8(7)6-3-4-6/h6H,2-5H2,1H3. The van der Waals surface area contributed by atoms with E-state index in [4.69, 9.17) is 0 Å². The van der Waals surface area contributed by atoms with Crippen LogP contribution in [0.3, 0.4) is 0 Å². The summed E-state index contributed by atoms with van der Waals surface area (Å²) < 4.78 is 10.9. The summed E-state index contributed by atoms with van der Waals surface area (Å²) in [4.78, 5) is 0. The zero-order valence-electron chi connectivity index (χ0n) is 5.22. The van der Waals surface area contributed by atoms with Crippen molar-refractivity contribution in [3.8, 4) is 0 Å². The fourth-order valence-electron chi connectivity index (χ4n) is 0.699. The largest absolute Gasteiger partial charge is 0.259 e. The Kier molecular flexibility index (Phi) is 2.06. The smallest absolute Gasteiger partial charge is 0.0348 e. The fourth-order valence-corrected chi connectivity index (χ4v) is 2.10. The van der Waals surface area contributed by atoms with Gasteiger partial charge in [0.25, 0.3) is 0 Å². The van der Waals surface area contributed by atoms with E-state index >= 15 is 0 Å². The van der Waals surface area contributed by atoms with Crippen LogP contribution in [0.4, 0.5) is 0 Å². The van der Waals surface area contributed by atoms with Crippen LogP contribution in [0.5, 0.6) is 0 Å². The molecule has 1 unspecified atom stereocenters. The van der Waals surface area contributed by atoms with E-state index in [0.29, 0.717) is 5.25 Å². The first-order valence-corrected chi connectivity index (χ1v) is 4.60. The molecule has 1 atom stereocenters. The van der Waals surface area contributed by atoms with E-state index in [9.17, 15) is 4.21 Å². The first kappa shape index (κ1) is 6.27. The van der Waals surface area contributed by atoms with E-state index in [-0.39, 0.29) is 0 Å². The molecule has 0 spiro atoms. The molecule has 8 heavy (non-hydrogen) atoms. The maximum Gasteiger partial charge on any atom is 0.0348 e. The van der Waals surface area contributed by atoms with Gasteiger partial charge in [0, 0.05) is 21.8 Å². The molecule has 0 aromatic heterocycles. The first-order valence-electron chi connectivity index (χ1n) is 3.21. The van der Waals surface area contributed by atoms with Crippen molar-refractivity contribution in [2.24, 2.45) is 0 Å². The van der Waals surface area contributed by atoms with E-state index in [0.717, 1.165) is 12.2 Å². The lowest BCUT2D eigenvalue weighted by atomic mass is 10.6. The summed E-state index contributed by atoms with van der Waals surface area (Å²) in [6.07, 6.45) is 3.50. The molecule has 0 aromatic rings. The topological polar surface area (TPSA) is 17.1 Å². The Hall–Kier alpha value is 0.150. The minimum Gasteiger partial charge on any atom is -0.259 e. The average molecular weight is 132 g/mol. The van der Waals surface area contributed by atoms with Crippen molar-refractivity contribution in [3.05, 3.63) is 0 Å². The molecule has 1 rings (SSSR count). The molecule has 0 N–H and O–H groups in total. The molecule has 1 aliphatic carbocycles. The van der Waals surface area contributed by atoms with Gasteiger partial charge in [0.15, 0.2) is 0 Å². The Labute approximate surface area is 52.9 Å². The second-order valence-electron chi connectivity index (χ2n) is 2.28. The van der Waals surface area contributed by atoms with Gasteiger partial charge in [-0.05, 0) is 19.3 Å². The van der Waals surface area contributed by atoms with Gasteiger partial charge >= 0.3 is 0 Å². The molecule has 0 bridgehead atoms. The van der Waals surface area contributed by atoms with E-state index in [2.05, 4.69) is 6.92 Å². The molecule has 0 aromatic carbocycles. The predicted molar refractivity (Wildman–Crippen MR) is 36.3 cm³/mol. The van der Waals surface area contributed by atoms with Crippen molar-refractivity contribution in [1.82, 2.24) is 0 Å². The van der Waals surface area contributed by atoms with Gasteiger partial charge in [-0.25, -0.2) is 0 Å². The van der Waals surface area contributed by atoms with Crippen LogP contribution in [0.1, 0.15) is 26.2 Å². The SMILES string of the molecule is CCCS(=O)C1CC1. The van der Waals surface area contributed by atoms with Crippen LogP contribution in [0.25, 0.3) is 0 Å². The second kappa shape index (κ2) is 2.62. The van der Waals surface area contributed by atoms with Gasteiger partial charge in [0.05, 0.1) is 0 Å². The van der Waals surface area contributed by atoms with Gasteiger partial charge in [-0.1, -0.05) is 6.92 Å². The van der Waals surface area contributed by atoms with Gasteiger partial charge in [-0.3, -0.25) is 4.21 Å². The second-order valence-corrected chi connectivity index (χ2v) is 4.12. The van der Waals surface area contributed by atoms with Crippen molar-refractivity contribution in [3.63, 3.8) is 0 Å². The zero-order valence-corrected chi connectivity index (χ0v) is 6.04. The average Bonchev–Trinajstić information content (AvgIpc) is 2.45. The Bertz CT molecular complexity index is 96.7. The molecule has 48 valence electrons. The van der Waals surface area contributed by atoms with Crippen LogP contribution in [0, 0.1) is 0 Å². The Morgan fingerprint density at radius 2 is 2.25 bits per heavy atom. The van der Waals surface area contributed by atoms with E-state index in [1.807, 2.05) is 0 Å². The summed E-state index contributed by atoms with van der Waals surface area (Å²) in [7, 11) is -0.461. The molecular weight excluding hydrogens is 120 g/mol. The van der Waals surface area contributed by atoms with Crippen LogP contribution in [-0.4, -0.2) is 15.2 Å². The van der Waals surface area contributed by atoms with Crippen molar-refractivity contribution >= 4 is 10.8 Å². The van der Waals surface area contributed by atoms with Crippen LogP contribution in [0.15, 0.2) is 0 Å². The van der Waals surface area contributed by atoms with Crippen molar-refractivity contribution < 1.29 is 4.21 Å². The normalized spacial score (nSPS) is 23.1. The van der Waals surface area contributed by atoms with Crippen LogP contribution >= 0.6 is 0 Å². The lowest BCUT2D eigenvalue weighted by molar-refractivity contribution is 0.681. The highest BCUT2D eigenvalue weighted by atomic mass is 32.2. The van der Waals surface area contributed by atoms with E-state index in [1.165, 1.54) is 12.8 Å². The maximum absolute atomic E-state index is 10.9. The number of hydrogen-bond acceptors (Lipinski definition) is 1. The quantitative estimate of drug-likeness (QED) is 0.566. The molecule has 1 saturated carbocycles. The van der Waals surface area contributed by atoms with Crippen LogP contribution < -0.4 is 0 Å². The summed E-state index contributed by atoms with van der Waals surface area (Å²) in [5.74, 6) is 0.921. The van der Waals surface area contributed by atoms with Crippen LogP contribution in [-0.2, 0) is 10.8 Å². The molecule has 1 aliphatic rings. The maximum atomic E-state index is 10.9. The summed E-state index contributed by atoms with van der Waals surface area (Å²) in [6, 6.07) is 0. The highest BCUT2D eigenvalue weighted by Gasteiger charge is 2.26. The molecule has 0 saturated heterocycles. The Morgan fingerprint density at radius 1 is 1.62 bits per heavy atom. The molecule has 0 amide bonds. The van der Waals surface area contributed by atoms with Crippen molar-refractivity contribution in [2.75, 3.05) is 5.75 Å². The minimum atomic E-state index is -0.461.